The Morgan fingerprint density at radius 1 is 1.04 bits per heavy atom. The van der Waals surface area contributed by atoms with Crippen LogP contribution in [0, 0.1) is 6.92 Å². The summed E-state index contributed by atoms with van der Waals surface area (Å²) < 4.78 is 0. The minimum absolute atomic E-state index is 0.0784. The quantitative estimate of drug-likeness (QED) is 0.654. The number of hydrogen-bond donors (Lipinski definition) is 1. The van der Waals surface area contributed by atoms with Crippen LogP contribution in [-0.4, -0.2) is 11.7 Å². The van der Waals surface area contributed by atoms with Crippen LogP contribution in [-0.2, 0) is 6.54 Å². The second kappa shape index (κ2) is 8.86. The third-order valence-corrected chi connectivity index (χ3v) is 4.40. The van der Waals surface area contributed by atoms with Crippen LogP contribution < -0.4 is 10.8 Å². The van der Waals surface area contributed by atoms with Gasteiger partial charge < -0.3 is 5.32 Å². The van der Waals surface area contributed by atoms with E-state index in [1.165, 1.54) is 11.1 Å². The zero-order chi connectivity index (χ0) is 18.2. The highest BCUT2D eigenvalue weighted by Crippen LogP contribution is 2.17. The molecule has 128 valence electrons. The number of aryl methyl sites for hydroxylation is 1. The van der Waals surface area contributed by atoms with Crippen LogP contribution in [0.15, 0.2) is 97.9 Å². The van der Waals surface area contributed by atoms with E-state index in [1.807, 2.05) is 24.5 Å². The van der Waals surface area contributed by atoms with Crippen molar-refractivity contribution in [3.05, 3.63) is 115 Å². The topological polar surface area (TPSA) is 24.9 Å². The van der Waals surface area contributed by atoms with E-state index in [0.29, 0.717) is 0 Å². The summed E-state index contributed by atoms with van der Waals surface area (Å²) in [5.74, 6) is 2.15. The molecule has 3 aromatic rings. The zero-order valence-electron chi connectivity index (χ0n) is 15.1. The first-order valence-corrected chi connectivity index (χ1v) is 8.84. The van der Waals surface area contributed by atoms with Gasteiger partial charge in [0, 0.05) is 18.9 Å². The predicted octanol–water partition coefficient (Wildman–Crippen LogP) is 4.19. The Labute approximate surface area is 156 Å². The van der Waals surface area contributed by atoms with Crippen molar-refractivity contribution >= 4 is 17.6 Å². The lowest BCUT2D eigenvalue weighted by molar-refractivity contribution is 0.871. The van der Waals surface area contributed by atoms with Crippen LogP contribution in [0.3, 0.4) is 0 Å². The van der Waals surface area contributed by atoms with Crippen LogP contribution in [0.4, 0.5) is 0 Å². The van der Waals surface area contributed by atoms with Gasteiger partial charge in [-0.25, -0.2) is 0 Å². The molecule has 3 rings (SSSR count). The van der Waals surface area contributed by atoms with Gasteiger partial charge in [0.2, 0.25) is 6.71 Å². The van der Waals surface area contributed by atoms with Crippen LogP contribution >= 0.6 is 0 Å². The molecule has 0 radical (unpaired) electrons. The number of aromatic nitrogens is 1. The molecule has 0 aliphatic rings. The third kappa shape index (κ3) is 4.73. The summed E-state index contributed by atoms with van der Waals surface area (Å²) in [6, 6.07) is 22.9. The molecule has 0 saturated heterocycles. The van der Waals surface area contributed by atoms with Gasteiger partial charge in [0.25, 0.3) is 0 Å². The summed E-state index contributed by atoms with van der Waals surface area (Å²) >= 11 is 0. The Bertz CT molecular complexity index is 856. The van der Waals surface area contributed by atoms with Crippen molar-refractivity contribution in [1.29, 1.82) is 0 Å². The van der Waals surface area contributed by atoms with Gasteiger partial charge in [-0.2, -0.15) is 0 Å². The molecule has 2 aromatic carbocycles. The van der Waals surface area contributed by atoms with Crippen molar-refractivity contribution in [1.82, 2.24) is 10.3 Å². The van der Waals surface area contributed by atoms with E-state index in [2.05, 4.69) is 84.4 Å². The van der Waals surface area contributed by atoms with Gasteiger partial charge in [-0.15, -0.1) is 6.58 Å². The van der Waals surface area contributed by atoms with Crippen molar-refractivity contribution in [2.75, 3.05) is 0 Å². The molecule has 1 heterocycles. The van der Waals surface area contributed by atoms with Gasteiger partial charge in [0.05, 0.1) is 0 Å². The maximum absolute atomic E-state index is 4.36. The summed E-state index contributed by atoms with van der Waals surface area (Å²) in [5.41, 5.74) is 5.86. The lowest BCUT2D eigenvalue weighted by atomic mass is 9.39. The van der Waals surface area contributed by atoms with E-state index in [-0.39, 0.29) is 6.71 Å². The molecule has 1 N–H and O–H groups in total. The molecule has 0 unspecified atom stereocenters. The van der Waals surface area contributed by atoms with E-state index in [4.69, 9.17) is 0 Å². The molecule has 1 aromatic heterocycles. The monoisotopic (exact) mass is 338 g/mol. The zero-order valence-corrected chi connectivity index (χ0v) is 15.1. The van der Waals surface area contributed by atoms with Crippen molar-refractivity contribution < 1.29 is 0 Å². The average molecular weight is 338 g/mol. The van der Waals surface area contributed by atoms with Crippen LogP contribution in [0.2, 0.25) is 0 Å². The molecule has 0 bridgehead atoms. The highest BCUT2D eigenvalue weighted by Gasteiger charge is 2.18. The van der Waals surface area contributed by atoms with E-state index in [1.54, 1.807) is 6.20 Å². The predicted molar refractivity (Wildman–Crippen MR) is 112 cm³/mol. The summed E-state index contributed by atoms with van der Waals surface area (Å²) in [6.07, 6.45) is 5.72. The molecular formula is C23H23BN2. The maximum atomic E-state index is 4.36. The standard InChI is InChI=1S/C23H23BN2/c1-19-10-12-22(13-11-19)20(2)24(23-9-6-15-25-18-23)14-16-26-17-21-7-4-3-5-8-21/h3-16,18,26H,2,17H2,1H3. The summed E-state index contributed by atoms with van der Waals surface area (Å²) in [6.45, 7) is 7.34. The molecule has 3 heteroatoms. The average Bonchev–Trinajstić information content (AvgIpc) is 2.69. The molecule has 26 heavy (non-hydrogen) atoms. The number of pyridine rings is 1. The van der Waals surface area contributed by atoms with Crippen molar-refractivity contribution in [3.8, 4) is 0 Å². The molecule has 0 fully saturated rings. The fourth-order valence-electron chi connectivity index (χ4n) is 2.87. The van der Waals surface area contributed by atoms with Crippen LogP contribution in [0.5, 0.6) is 0 Å². The lowest BCUT2D eigenvalue weighted by Crippen LogP contribution is -2.30. The number of benzene rings is 2. The van der Waals surface area contributed by atoms with E-state index < -0.39 is 0 Å². The molecule has 0 amide bonds. The highest BCUT2D eigenvalue weighted by molar-refractivity contribution is 6.93. The smallest absolute Gasteiger partial charge is 0.237 e. The van der Waals surface area contributed by atoms with E-state index in [0.717, 1.165) is 23.0 Å². The molecule has 0 saturated carbocycles. The minimum Gasteiger partial charge on any atom is -0.388 e. The van der Waals surface area contributed by atoms with Gasteiger partial charge in [0.1, 0.15) is 0 Å². The summed E-state index contributed by atoms with van der Waals surface area (Å²) in [7, 11) is 0. The molecule has 0 aliphatic heterocycles. The first-order valence-electron chi connectivity index (χ1n) is 8.84. The second-order valence-electron chi connectivity index (χ2n) is 6.38. The Hall–Kier alpha value is -3.07. The van der Waals surface area contributed by atoms with Crippen molar-refractivity contribution in [2.45, 2.75) is 13.5 Å². The second-order valence-corrected chi connectivity index (χ2v) is 6.38. The first kappa shape index (κ1) is 17.7. The van der Waals surface area contributed by atoms with Gasteiger partial charge in [-0.05, 0) is 30.3 Å². The fraction of sp³-hybridized carbons (Fsp3) is 0.0870. The summed E-state index contributed by atoms with van der Waals surface area (Å²) in [4.78, 5) is 4.28. The SMILES string of the molecule is C=C(B(C=CNCc1ccccc1)c1cccnc1)c1ccc(C)cc1. The Morgan fingerprint density at radius 3 is 2.50 bits per heavy atom. The van der Waals surface area contributed by atoms with E-state index in [9.17, 15) is 0 Å². The van der Waals surface area contributed by atoms with Crippen molar-refractivity contribution in [3.63, 3.8) is 0 Å². The maximum Gasteiger partial charge on any atom is 0.237 e. The number of hydrogen-bond acceptors (Lipinski definition) is 2. The first-order chi connectivity index (χ1) is 12.7. The molecular weight excluding hydrogens is 315 g/mol. The number of nitrogens with one attached hydrogen (secondary N) is 1. The van der Waals surface area contributed by atoms with Gasteiger partial charge in [-0.3, -0.25) is 4.98 Å². The number of nitrogens with zero attached hydrogens (tertiary/aromatic N) is 1. The minimum atomic E-state index is 0.0784. The molecule has 0 aliphatic carbocycles. The molecule has 0 spiro atoms. The normalized spacial score (nSPS) is 10.7. The van der Waals surface area contributed by atoms with Gasteiger partial charge in [-0.1, -0.05) is 83.1 Å². The van der Waals surface area contributed by atoms with Gasteiger partial charge in [0.15, 0.2) is 0 Å². The number of rotatable bonds is 7. The summed E-state index contributed by atoms with van der Waals surface area (Å²) in [5, 5.41) is 3.38. The lowest BCUT2D eigenvalue weighted by Gasteiger charge is -2.14. The molecule has 2 nitrogen and oxygen atoms in total. The Morgan fingerprint density at radius 2 is 1.81 bits per heavy atom. The van der Waals surface area contributed by atoms with Gasteiger partial charge >= 0.3 is 0 Å². The van der Waals surface area contributed by atoms with Crippen LogP contribution in [0.1, 0.15) is 16.7 Å². The third-order valence-electron chi connectivity index (χ3n) is 4.40. The fourth-order valence-corrected chi connectivity index (χ4v) is 2.87. The van der Waals surface area contributed by atoms with Crippen molar-refractivity contribution in [2.24, 2.45) is 0 Å². The molecule has 0 atom stereocenters. The Balaban J connectivity index is 1.76. The van der Waals surface area contributed by atoms with E-state index >= 15 is 0 Å². The Kier molecular flexibility index (Phi) is 6.05. The van der Waals surface area contributed by atoms with Crippen LogP contribution in [0.25, 0.3) is 5.47 Å². The highest BCUT2D eigenvalue weighted by atomic mass is 14.8. The largest absolute Gasteiger partial charge is 0.388 e.